The number of piperidine rings is 1. The van der Waals surface area contributed by atoms with Crippen molar-refractivity contribution in [1.29, 1.82) is 0 Å². The molecular weight excluding hydrogens is 228 g/mol. The molecule has 0 aromatic carbocycles. The third kappa shape index (κ3) is 2.56. The first-order valence-electron chi connectivity index (χ1n) is 6.75. The van der Waals surface area contributed by atoms with Gasteiger partial charge in [0.1, 0.15) is 0 Å². The Labute approximate surface area is 108 Å². The van der Waals surface area contributed by atoms with E-state index in [1.807, 2.05) is 17.8 Å². The second-order valence-electron chi connectivity index (χ2n) is 4.92. The fraction of sp³-hybridized carbons (Fsp3) is 0.692. The zero-order valence-electron chi connectivity index (χ0n) is 11.2. The summed E-state index contributed by atoms with van der Waals surface area (Å²) in [6.45, 7) is 6.79. The maximum absolute atomic E-state index is 12.4. The third-order valence-electron chi connectivity index (χ3n) is 3.93. The standard InChI is InChI=1S/C13H22N4O/c1-3-13(5-7-14-8-6-13)12(18)16-11-9-15-17(4-2)10-11/h9-10,14H,3-8H2,1-2H3,(H,16,18). The molecule has 1 aliphatic heterocycles. The second kappa shape index (κ2) is 5.52. The highest BCUT2D eigenvalue weighted by molar-refractivity contribution is 5.95. The van der Waals surface area contributed by atoms with Gasteiger partial charge in [0.2, 0.25) is 5.91 Å². The zero-order valence-corrected chi connectivity index (χ0v) is 11.2. The van der Waals surface area contributed by atoms with E-state index in [-0.39, 0.29) is 11.3 Å². The van der Waals surface area contributed by atoms with Crippen LogP contribution in [0.25, 0.3) is 0 Å². The number of amides is 1. The van der Waals surface area contributed by atoms with Crippen molar-refractivity contribution in [2.45, 2.75) is 39.7 Å². The fourth-order valence-corrected chi connectivity index (χ4v) is 2.51. The highest BCUT2D eigenvalue weighted by atomic mass is 16.2. The Bertz CT molecular complexity index is 407. The van der Waals surface area contributed by atoms with E-state index in [2.05, 4.69) is 22.7 Å². The fourth-order valence-electron chi connectivity index (χ4n) is 2.51. The molecule has 0 atom stereocenters. The van der Waals surface area contributed by atoms with E-state index in [1.54, 1.807) is 6.20 Å². The van der Waals surface area contributed by atoms with Crippen LogP contribution < -0.4 is 10.6 Å². The van der Waals surface area contributed by atoms with E-state index in [0.717, 1.165) is 44.6 Å². The molecule has 5 nitrogen and oxygen atoms in total. The summed E-state index contributed by atoms with van der Waals surface area (Å²) in [7, 11) is 0. The molecule has 0 aliphatic carbocycles. The molecule has 0 radical (unpaired) electrons. The van der Waals surface area contributed by atoms with Gasteiger partial charge in [-0.1, -0.05) is 6.92 Å². The molecule has 100 valence electrons. The first-order valence-corrected chi connectivity index (χ1v) is 6.75. The summed E-state index contributed by atoms with van der Waals surface area (Å²) in [5, 5.41) is 10.5. The van der Waals surface area contributed by atoms with Crippen molar-refractivity contribution in [2.24, 2.45) is 5.41 Å². The van der Waals surface area contributed by atoms with E-state index < -0.39 is 0 Å². The van der Waals surface area contributed by atoms with Gasteiger partial charge in [-0.05, 0) is 39.3 Å². The zero-order chi connectivity index (χ0) is 13.0. The lowest BCUT2D eigenvalue weighted by atomic mass is 9.76. The lowest BCUT2D eigenvalue weighted by Gasteiger charge is -2.35. The molecule has 5 heteroatoms. The molecule has 1 aromatic heterocycles. The van der Waals surface area contributed by atoms with Gasteiger partial charge in [-0.3, -0.25) is 9.48 Å². The van der Waals surface area contributed by atoms with Crippen molar-refractivity contribution in [3.05, 3.63) is 12.4 Å². The lowest BCUT2D eigenvalue weighted by molar-refractivity contribution is -0.127. The number of hydrogen-bond donors (Lipinski definition) is 2. The van der Waals surface area contributed by atoms with Crippen LogP contribution in [-0.2, 0) is 11.3 Å². The molecule has 0 spiro atoms. The molecule has 1 aromatic rings. The summed E-state index contributed by atoms with van der Waals surface area (Å²) in [5.41, 5.74) is 0.591. The molecule has 0 unspecified atom stereocenters. The Morgan fingerprint density at radius 1 is 1.50 bits per heavy atom. The Kier molecular flexibility index (Phi) is 4.01. The monoisotopic (exact) mass is 250 g/mol. The molecule has 0 saturated carbocycles. The van der Waals surface area contributed by atoms with Crippen molar-refractivity contribution >= 4 is 11.6 Å². The molecule has 18 heavy (non-hydrogen) atoms. The van der Waals surface area contributed by atoms with Crippen LogP contribution in [0.5, 0.6) is 0 Å². The number of aryl methyl sites for hydroxylation is 1. The van der Waals surface area contributed by atoms with Gasteiger partial charge < -0.3 is 10.6 Å². The SMILES string of the molecule is CCn1cc(NC(=O)C2(CC)CCNCC2)cn1. The topological polar surface area (TPSA) is 59.0 Å². The second-order valence-corrected chi connectivity index (χ2v) is 4.92. The van der Waals surface area contributed by atoms with Crippen molar-refractivity contribution in [2.75, 3.05) is 18.4 Å². The van der Waals surface area contributed by atoms with Gasteiger partial charge >= 0.3 is 0 Å². The highest BCUT2D eigenvalue weighted by Crippen LogP contribution is 2.33. The first-order chi connectivity index (χ1) is 8.70. The number of carbonyl (C=O) groups is 1. The summed E-state index contributed by atoms with van der Waals surface area (Å²) in [4.78, 5) is 12.4. The number of nitrogens with zero attached hydrogens (tertiary/aromatic N) is 2. The number of aromatic nitrogens is 2. The Hall–Kier alpha value is -1.36. The number of hydrogen-bond acceptors (Lipinski definition) is 3. The number of anilines is 1. The molecule has 1 fully saturated rings. The van der Waals surface area contributed by atoms with Crippen LogP contribution in [-0.4, -0.2) is 28.8 Å². The first kappa shape index (κ1) is 13.1. The lowest BCUT2D eigenvalue weighted by Crippen LogP contribution is -2.44. The Morgan fingerprint density at radius 3 is 2.78 bits per heavy atom. The van der Waals surface area contributed by atoms with Gasteiger partial charge in [0.25, 0.3) is 0 Å². The Morgan fingerprint density at radius 2 is 2.22 bits per heavy atom. The van der Waals surface area contributed by atoms with Crippen LogP contribution in [0.15, 0.2) is 12.4 Å². The molecule has 1 saturated heterocycles. The van der Waals surface area contributed by atoms with Crippen molar-refractivity contribution in [3.63, 3.8) is 0 Å². The minimum atomic E-state index is -0.209. The van der Waals surface area contributed by atoms with Crippen LogP contribution in [0.4, 0.5) is 5.69 Å². The van der Waals surface area contributed by atoms with Crippen LogP contribution in [0, 0.1) is 5.41 Å². The minimum Gasteiger partial charge on any atom is -0.323 e. The summed E-state index contributed by atoms with van der Waals surface area (Å²) in [6, 6.07) is 0. The molecule has 1 aliphatic rings. The van der Waals surface area contributed by atoms with Crippen molar-refractivity contribution in [3.8, 4) is 0 Å². The average molecular weight is 250 g/mol. The maximum atomic E-state index is 12.4. The van der Waals surface area contributed by atoms with Gasteiger partial charge in [0.15, 0.2) is 0 Å². The van der Waals surface area contributed by atoms with E-state index in [4.69, 9.17) is 0 Å². The smallest absolute Gasteiger partial charge is 0.230 e. The maximum Gasteiger partial charge on any atom is 0.230 e. The molecule has 1 amide bonds. The van der Waals surface area contributed by atoms with E-state index >= 15 is 0 Å². The average Bonchev–Trinajstić information content (AvgIpc) is 2.87. The number of rotatable bonds is 4. The number of nitrogens with one attached hydrogen (secondary N) is 2. The number of carbonyl (C=O) groups excluding carboxylic acids is 1. The van der Waals surface area contributed by atoms with E-state index in [0.29, 0.717) is 0 Å². The van der Waals surface area contributed by atoms with Crippen LogP contribution in [0.2, 0.25) is 0 Å². The van der Waals surface area contributed by atoms with E-state index in [1.165, 1.54) is 0 Å². The molecule has 0 bridgehead atoms. The van der Waals surface area contributed by atoms with Crippen LogP contribution >= 0.6 is 0 Å². The summed E-state index contributed by atoms with van der Waals surface area (Å²) >= 11 is 0. The molecule has 2 N–H and O–H groups in total. The van der Waals surface area contributed by atoms with Crippen molar-refractivity contribution in [1.82, 2.24) is 15.1 Å². The quantitative estimate of drug-likeness (QED) is 0.853. The van der Waals surface area contributed by atoms with Crippen LogP contribution in [0.3, 0.4) is 0 Å². The normalized spacial score (nSPS) is 18.6. The van der Waals surface area contributed by atoms with Gasteiger partial charge in [0, 0.05) is 12.7 Å². The summed E-state index contributed by atoms with van der Waals surface area (Å²) in [5.74, 6) is 0.141. The molecule has 2 heterocycles. The summed E-state index contributed by atoms with van der Waals surface area (Å²) in [6.07, 6.45) is 6.31. The highest BCUT2D eigenvalue weighted by Gasteiger charge is 2.37. The predicted octanol–water partition coefficient (Wildman–Crippen LogP) is 1.62. The van der Waals surface area contributed by atoms with Gasteiger partial charge in [-0.2, -0.15) is 5.10 Å². The van der Waals surface area contributed by atoms with E-state index in [9.17, 15) is 4.79 Å². The van der Waals surface area contributed by atoms with Gasteiger partial charge in [-0.15, -0.1) is 0 Å². The largest absolute Gasteiger partial charge is 0.323 e. The molecular formula is C13H22N4O. The third-order valence-corrected chi connectivity index (χ3v) is 3.93. The molecule has 2 rings (SSSR count). The van der Waals surface area contributed by atoms with Gasteiger partial charge in [-0.25, -0.2) is 0 Å². The summed E-state index contributed by atoms with van der Waals surface area (Å²) < 4.78 is 1.82. The Balaban J connectivity index is 2.05. The predicted molar refractivity (Wildman–Crippen MR) is 71.4 cm³/mol. The van der Waals surface area contributed by atoms with Crippen LogP contribution in [0.1, 0.15) is 33.1 Å². The van der Waals surface area contributed by atoms with Gasteiger partial charge in [0.05, 0.1) is 17.3 Å². The minimum absolute atomic E-state index is 0.141. The van der Waals surface area contributed by atoms with Crippen molar-refractivity contribution < 1.29 is 4.79 Å².